The minimum atomic E-state index is -0.0127. The number of halogens is 1. The van der Waals surface area contributed by atoms with E-state index in [1.54, 1.807) is 0 Å². The molecule has 2 rings (SSSR count). The Morgan fingerprint density at radius 3 is 2.78 bits per heavy atom. The number of nitrogens with two attached hydrogens (primary N) is 1. The zero-order valence-corrected chi connectivity index (χ0v) is 11.9. The SMILES string of the molecule is NC1CCCCC1C(=O)NCc1ccccc1Br. The number of rotatable bonds is 3. The average molecular weight is 311 g/mol. The molecule has 98 valence electrons. The van der Waals surface area contributed by atoms with Crippen molar-refractivity contribution in [1.29, 1.82) is 0 Å². The van der Waals surface area contributed by atoms with Crippen LogP contribution in [-0.2, 0) is 11.3 Å². The van der Waals surface area contributed by atoms with E-state index in [0.29, 0.717) is 6.54 Å². The molecule has 3 nitrogen and oxygen atoms in total. The lowest BCUT2D eigenvalue weighted by molar-refractivity contribution is -0.126. The Bertz CT molecular complexity index is 422. The summed E-state index contributed by atoms with van der Waals surface area (Å²) >= 11 is 3.48. The van der Waals surface area contributed by atoms with E-state index in [1.807, 2.05) is 24.3 Å². The van der Waals surface area contributed by atoms with Gasteiger partial charge < -0.3 is 11.1 Å². The first kappa shape index (κ1) is 13.6. The van der Waals surface area contributed by atoms with Gasteiger partial charge in [-0.2, -0.15) is 0 Å². The molecule has 1 aromatic carbocycles. The third-order valence-corrected chi connectivity index (χ3v) is 4.34. The fourth-order valence-corrected chi connectivity index (χ4v) is 2.87. The molecule has 0 aliphatic heterocycles. The second-order valence-corrected chi connectivity index (χ2v) is 5.72. The number of amides is 1. The fourth-order valence-electron chi connectivity index (χ4n) is 2.44. The van der Waals surface area contributed by atoms with E-state index < -0.39 is 0 Å². The highest BCUT2D eigenvalue weighted by molar-refractivity contribution is 9.10. The van der Waals surface area contributed by atoms with Crippen LogP contribution < -0.4 is 11.1 Å². The molecule has 0 aromatic heterocycles. The monoisotopic (exact) mass is 310 g/mol. The fraction of sp³-hybridized carbons (Fsp3) is 0.500. The topological polar surface area (TPSA) is 55.1 Å². The molecule has 1 aliphatic carbocycles. The van der Waals surface area contributed by atoms with Crippen molar-refractivity contribution in [3.05, 3.63) is 34.3 Å². The Hall–Kier alpha value is -0.870. The standard InChI is InChI=1S/C14H19BrN2O/c15-12-7-3-1-5-10(12)9-17-14(18)11-6-2-4-8-13(11)16/h1,3,5,7,11,13H,2,4,6,8-9,16H2,(H,17,18). The lowest BCUT2D eigenvalue weighted by Gasteiger charge is -2.27. The second kappa shape index (κ2) is 6.34. The minimum absolute atomic E-state index is 0.0127. The van der Waals surface area contributed by atoms with Crippen molar-refractivity contribution in [2.24, 2.45) is 11.7 Å². The van der Waals surface area contributed by atoms with Crippen LogP contribution in [0.5, 0.6) is 0 Å². The normalized spacial score (nSPS) is 23.7. The van der Waals surface area contributed by atoms with Gasteiger partial charge >= 0.3 is 0 Å². The molecular weight excluding hydrogens is 292 g/mol. The van der Waals surface area contributed by atoms with Gasteiger partial charge in [0, 0.05) is 17.1 Å². The molecule has 2 atom stereocenters. The van der Waals surface area contributed by atoms with Crippen molar-refractivity contribution in [3.8, 4) is 0 Å². The predicted molar refractivity (Wildman–Crippen MR) is 75.9 cm³/mol. The number of carbonyl (C=O) groups is 1. The van der Waals surface area contributed by atoms with Crippen molar-refractivity contribution in [2.75, 3.05) is 0 Å². The van der Waals surface area contributed by atoms with Gasteiger partial charge in [0.15, 0.2) is 0 Å². The largest absolute Gasteiger partial charge is 0.352 e. The molecule has 18 heavy (non-hydrogen) atoms. The van der Waals surface area contributed by atoms with E-state index in [1.165, 1.54) is 0 Å². The van der Waals surface area contributed by atoms with Crippen LogP contribution in [0.3, 0.4) is 0 Å². The van der Waals surface area contributed by atoms with Crippen molar-refractivity contribution >= 4 is 21.8 Å². The highest BCUT2D eigenvalue weighted by Gasteiger charge is 2.27. The van der Waals surface area contributed by atoms with E-state index in [9.17, 15) is 4.79 Å². The number of nitrogens with one attached hydrogen (secondary N) is 1. The molecule has 0 bridgehead atoms. The molecule has 2 unspecified atom stereocenters. The van der Waals surface area contributed by atoms with E-state index in [0.717, 1.165) is 35.7 Å². The molecule has 0 saturated heterocycles. The summed E-state index contributed by atoms with van der Waals surface area (Å²) in [5, 5.41) is 2.99. The van der Waals surface area contributed by atoms with E-state index >= 15 is 0 Å². The van der Waals surface area contributed by atoms with Gasteiger partial charge in [-0.1, -0.05) is 47.0 Å². The number of benzene rings is 1. The summed E-state index contributed by atoms with van der Waals surface area (Å²) in [5.41, 5.74) is 7.10. The van der Waals surface area contributed by atoms with E-state index in [2.05, 4.69) is 21.2 Å². The van der Waals surface area contributed by atoms with E-state index in [4.69, 9.17) is 5.73 Å². The van der Waals surface area contributed by atoms with Crippen molar-refractivity contribution in [2.45, 2.75) is 38.3 Å². The van der Waals surface area contributed by atoms with Crippen LogP contribution in [0, 0.1) is 5.92 Å². The Morgan fingerprint density at radius 2 is 2.06 bits per heavy atom. The van der Waals surface area contributed by atoms with Crippen molar-refractivity contribution in [1.82, 2.24) is 5.32 Å². The van der Waals surface area contributed by atoms with Gasteiger partial charge in [-0.15, -0.1) is 0 Å². The maximum atomic E-state index is 12.1. The molecule has 1 aliphatic rings. The number of hydrogen-bond donors (Lipinski definition) is 2. The summed E-state index contributed by atoms with van der Waals surface area (Å²) in [6.07, 6.45) is 4.14. The zero-order valence-electron chi connectivity index (χ0n) is 10.4. The van der Waals surface area contributed by atoms with Gasteiger partial charge in [-0.3, -0.25) is 4.79 Å². The van der Waals surface area contributed by atoms with Crippen LogP contribution >= 0.6 is 15.9 Å². The zero-order chi connectivity index (χ0) is 13.0. The summed E-state index contributed by atoms with van der Waals surface area (Å²) in [6.45, 7) is 0.559. The van der Waals surface area contributed by atoms with Crippen molar-refractivity contribution < 1.29 is 4.79 Å². The second-order valence-electron chi connectivity index (χ2n) is 4.86. The Labute approximate surface area is 116 Å². The molecule has 0 radical (unpaired) electrons. The lowest BCUT2D eigenvalue weighted by Crippen LogP contribution is -2.43. The summed E-state index contributed by atoms with van der Waals surface area (Å²) in [5.74, 6) is 0.0826. The van der Waals surface area contributed by atoms with Crippen LogP contribution in [0.25, 0.3) is 0 Å². The minimum Gasteiger partial charge on any atom is -0.352 e. The van der Waals surface area contributed by atoms with Crippen LogP contribution in [0.15, 0.2) is 28.7 Å². The average Bonchev–Trinajstić information content (AvgIpc) is 2.38. The molecular formula is C14H19BrN2O. The first-order valence-corrected chi connectivity index (χ1v) is 7.24. The predicted octanol–water partition coefficient (Wildman–Crippen LogP) is 2.58. The van der Waals surface area contributed by atoms with Crippen LogP contribution in [0.1, 0.15) is 31.2 Å². The lowest BCUT2D eigenvalue weighted by atomic mass is 9.84. The highest BCUT2D eigenvalue weighted by atomic mass is 79.9. The first-order chi connectivity index (χ1) is 8.68. The molecule has 1 amide bonds. The Balaban J connectivity index is 1.90. The Morgan fingerprint density at radius 1 is 1.33 bits per heavy atom. The number of carbonyl (C=O) groups excluding carboxylic acids is 1. The van der Waals surface area contributed by atoms with Gasteiger partial charge in [0.25, 0.3) is 0 Å². The van der Waals surface area contributed by atoms with Gasteiger partial charge in [0.1, 0.15) is 0 Å². The summed E-state index contributed by atoms with van der Waals surface area (Å²) in [7, 11) is 0. The summed E-state index contributed by atoms with van der Waals surface area (Å²) in [4.78, 5) is 12.1. The van der Waals surface area contributed by atoms with Gasteiger partial charge in [0.05, 0.1) is 5.92 Å². The summed E-state index contributed by atoms with van der Waals surface area (Å²) < 4.78 is 1.03. The first-order valence-electron chi connectivity index (χ1n) is 6.45. The van der Waals surface area contributed by atoms with Crippen LogP contribution in [0.4, 0.5) is 0 Å². The molecule has 1 aromatic rings. The smallest absolute Gasteiger partial charge is 0.224 e. The molecule has 4 heteroatoms. The van der Waals surface area contributed by atoms with Gasteiger partial charge in [-0.25, -0.2) is 0 Å². The van der Waals surface area contributed by atoms with Gasteiger partial charge in [0.2, 0.25) is 5.91 Å². The Kier molecular flexibility index (Phi) is 4.78. The maximum Gasteiger partial charge on any atom is 0.224 e. The molecule has 0 spiro atoms. The third-order valence-electron chi connectivity index (χ3n) is 3.57. The quantitative estimate of drug-likeness (QED) is 0.901. The van der Waals surface area contributed by atoms with E-state index in [-0.39, 0.29) is 17.9 Å². The third kappa shape index (κ3) is 3.33. The number of hydrogen-bond acceptors (Lipinski definition) is 2. The van der Waals surface area contributed by atoms with Crippen molar-refractivity contribution in [3.63, 3.8) is 0 Å². The van der Waals surface area contributed by atoms with Gasteiger partial charge in [-0.05, 0) is 24.5 Å². The van der Waals surface area contributed by atoms with Crippen LogP contribution in [-0.4, -0.2) is 11.9 Å². The summed E-state index contributed by atoms with van der Waals surface area (Å²) in [6, 6.07) is 7.95. The molecule has 1 saturated carbocycles. The van der Waals surface area contributed by atoms with Crippen LogP contribution in [0.2, 0.25) is 0 Å². The highest BCUT2D eigenvalue weighted by Crippen LogP contribution is 2.23. The maximum absolute atomic E-state index is 12.1. The molecule has 3 N–H and O–H groups in total. The molecule has 0 heterocycles. The molecule has 1 fully saturated rings.